The van der Waals surface area contributed by atoms with E-state index in [0.717, 1.165) is 32.6 Å². The fourth-order valence-electron chi connectivity index (χ4n) is 4.98. The number of Topliss-reactive ketones (excluding diaryl/α,β-unsaturated/α-hetero) is 2. The molecule has 34 heavy (non-hydrogen) atoms. The average Bonchev–Trinajstić information content (AvgIpc) is 3.53. The van der Waals surface area contributed by atoms with Crippen LogP contribution in [-0.4, -0.2) is 16.1 Å². The normalized spacial score (nSPS) is 13.4. The summed E-state index contributed by atoms with van der Waals surface area (Å²) in [5.74, 6) is 0.567. The van der Waals surface area contributed by atoms with Crippen LogP contribution in [0.1, 0.15) is 26.5 Å². The molecule has 7 rings (SSSR count). The molecule has 0 amide bonds. The third-order valence-electron chi connectivity index (χ3n) is 6.56. The number of benzene rings is 4. The van der Waals surface area contributed by atoms with Gasteiger partial charge in [-0.15, -0.1) is 0 Å². The Morgan fingerprint density at radius 2 is 1.15 bits per heavy atom. The van der Waals surface area contributed by atoms with Crippen molar-refractivity contribution in [2.75, 3.05) is 0 Å². The summed E-state index contributed by atoms with van der Waals surface area (Å²) < 4.78 is 8.22. The third-order valence-corrected chi connectivity index (χ3v) is 6.56. The number of aromatic nitrogens is 1. The minimum Gasteiger partial charge on any atom is -0.440 e. The fourth-order valence-corrected chi connectivity index (χ4v) is 4.98. The zero-order valence-electron chi connectivity index (χ0n) is 18.0. The Hall–Kier alpha value is -4.70. The summed E-state index contributed by atoms with van der Waals surface area (Å²) in [5, 5.41) is 4.15. The minimum atomic E-state index is -0.263. The van der Waals surface area contributed by atoms with E-state index < -0.39 is 0 Å². The fraction of sp³-hybridized carbons (Fsp3) is 0. The molecule has 4 aromatic carbocycles. The first-order valence-electron chi connectivity index (χ1n) is 11.1. The number of furan rings is 1. The van der Waals surface area contributed by atoms with E-state index in [1.54, 1.807) is 24.3 Å². The summed E-state index contributed by atoms with van der Waals surface area (Å²) in [7, 11) is 0. The third kappa shape index (κ3) is 2.60. The smallest absolute Gasteiger partial charge is 0.205 e. The Morgan fingerprint density at radius 3 is 1.74 bits per heavy atom. The molecule has 4 heteroatoms. The molecule has 0 unspecified atom stereocenters. The Kier molecular flexibility index (Phi) is 3.82. The molecule has 160 valence electrons. The molecule has 0 saturated heterocycles. The predicted molar refractivity (Wildman–Crippen MR) is 134 cm³/mol. The number of fused-ring (bicyclic) bond motifs is 5. The van der Waals surface area contributed by atoms with Gasteiger partial charge < -0.3 is 4.42 Å². The molecule has 4 nitrogen and oxygen atoms in total. The SMILES string of the molecule is O=C1C(=Cc2ccc(-n3c4ccccc4c4ccccc43)o2)C(=O)c2cc3ccccc3cc21. The van der Waals surface area contributed by atoms with E-state index in [9.17, 15) is 9.59 Å². The molecule has 0 N–H and O–H groups in total. The standard InChI is InChI=1S/C30H17NO3/c32-29-23-15-18-7-1-2-8-19(18)16-24(23)30(33)25(29)17-20-13-14-28(34-20)31-26-11-5-3-9-21(26)22-10-4-6-12-27(22)31/h1-17H. The van der Waals surface area contributed by atoms with Gasteiger partial charge in [-0.05, 0) is 47.2 Å². The molecule has 2 heterocycles. The first-order valence-corrected chi connectivity index (χ1v) is 11.1. The van der Waals surface area contributed by atoms with Crippen molar-refractivity contribution in [3.8, 4) is 5.88 Å². The lowest BCUT2D eigenvalue weighted by Crippen LogP contribution is -1.99. The summed E-state index contributed by atoms with van der Waals surface area (Å²) in [5.41, 5.74) is 3.09. The average molecular weight is 439 g/mol. The van der Waals surface area contributed by atoms with Crippen LogP contribution in [0.5, 0.6) is 0 Å². The molecule has 0 aliphatic heterocycles. The van der Waals surface area contributed by atoms with Gasteiger partial charge in [0.25, 0.3) is 0 Å². The van der Waals surface area contributed by atoms with Crippen molar-refractivity contribution in [2.45, 2.75) is 0 Å². The van der Waals surface area contributed by atoms with Gasteiger partial charge in [-0.2, -0.15) is 0 Å². The number of hydrogen-bond acceptors (Lipinski definition) is 3. The maximum atomic E-state index is 13.1. The van der Waals surface area contributed by atoms with Crippen LogP contribution >= 0.6 is 0 Å². The van der Waals surface area contributed by atoms with Crippen LogP contribution in [0.25, 0.3) is 44.5 Å². The van der Waals surface area contributed by atoms with Crippen molar-refractivity contribution in [1.29, 1.82) is 0 Å². The van der Waals surface area contributed by atoms with E-state index in [1.807, 2.05) is 54.6 Å². The molecule has 6 aromatic rings. The number of allylic oxidation sites excluding steroid dienone is 1. The second kappa shape index (κ2) is 6.90. The summed E-state index contributed by atoms with van der Waals surface area (Å²) in [6, 6.07) is 31.4. The minimum absolute atomic E-state index is 0.133. The van der Waals surface area contributed by atoms with E-state index in [1.165, 1.54) is 0 Å². The van der Waals surface area contributed by atoms with Gasteiger partial charge in [0.1, 0.15) is 5.76 Å². The lowest BCUT2D eigenvalue weighted by molar-refractivity contribution is 0.0990. The molecule has 0 saturated carbocycles. The molecular weight excluding hydrogens is 422 g/mol. The van der Waals surface area contributed by atoms with Crippen LogP contribution in [0.15, 0.2) is 107 Å². The van der Waals surface area contributed by atoms with Crippen molar-refractivity contribution in [2.24, 2.45) is 0 Å². The van der Waals surface area contributed by atoms with Crippen molar-refractivity contribution in [1.82, 2.24) is 4.57 Å². The number of hydrogen-bond donors (Lipinski definition) is 0. The van der Waals surface area contributed by atoms with E-state index in [2.05, 4.69) is 28.8 Å². The van der Waals surface area contributed by atoms with Gasteiger partial charge >= 0.3 is 0 Å². The summed E-state index contributed by atoms with van der Waals surface area (Å²) in [6.45, 7) is 0. The summed E-state index contributed by atoms with van der Waals surface area (Å²) in [4.78, 5) is 26.2. The van der Waals surface area contributed by atoms with Crippen molar-refractivity contribution < 1.29 is 14.0 Å². The molecule has 0 radical (unpaired) electrons. The van der Waals surface area contributed by atoms with Gasteiger partial charge in [0.2, 0.25) is 5.88 Å². The summed E-state index contributed by atoms with van der Waals surface area (Å²) >= 11 is 0. The second-order valence-corrected chi connectivity index (χ2v) is 8.51. The Morgan fingerprint density at radius 1 is 0.618 bits per heavy atom. The molecule has 0 spiro atoms. The molecule has 1 aliphatic carbocycles. The van der Waals surface area contributed by atoms with Gasteiger partial charge in [-0.25, -0.2) is 0 Å². The van der Waals surface area contributed by atoms with E-state index in [0.29, 0.717) is 22.8 Å². The second-order valence-electron chi connectivity index (χ2n) is 8.51. The van der Waals surface area contributed by atoms with Crippen LogP contribution in [-0.2, 0) is 0 Å². The highest BCUT2D eigenvalue weighted by Crippen LogP contribution is 2.34. The lowest BCUT2D eigenvalue weighted by Gasteiger charge is -2.03. The van der Waals surface area contributed by atoms with Crippen LogP contribution in [0, 0.1) is 0 Å². The number of carbonyl (C=O) groups is 2. The number of rotatable bonds is 2. The number of para-hydroxylation sites is 2. The van der Waals surface area contributed by atoms with Gasteiger partial charge in [-0.1, -0.05) is 60.7 Å². The largest absolute Gasteiger partial charge is 0.440 e. The predicted octanol–water partition coefficient (Wildman–Crippen LogP) is 6.99. The highest BCUT2D eigenvalue weighted by molar-refractivity contribution is 6.42. The highest BCUT2D eigenvalue weighted by atomic mass is 16.4. The van der Waals surface area contributed by atoms with Crippen LogP contribution in [0.2, 0.25) is 0 Å². The summed E-state index contributed by atoms with van der Waals surface area (Å²) in [6.07, 6.45) is 1.56. The molecule has 0 fully saturated rings. The first kappa shape index (κ1) is 18.8. The van der Waals surface area contributed by atoms with Crippen molar-refractivity contribution in [3.63, 3.8) is 0 Å². The zero-order valence-corrected chi connectivity index (χ0v) is 18.0. The molecule has 0 bridgehead atoms. The maximum absolute atomic E-state index is 13.1. The van der Waals surface area contributed by atoms with E-state index >= 15 is 0 Å². The van der Waals surface area contributed by atoms with Gasteiger partial charge in [0, 0.05) is 28.0 Å². The quantitative estimate of drug-likeness (QED) is 0.216. The zero-order chi connectivity index (χ0) is 22.8. The van der Waals surface area contributed by atoms with Crippen molar-refractivity contribution in [3.05, 3.63) is 120 Å². The molecular formula is C30H17NO3. The van der Waals surface area contributed by atoms with E-state index in [-0.39, 0.29) is 17.1 Å². The molecule has 2 aromatic heterocycles. The Labute approximate surface area is 194 Å². The number of carbonyl (C=O) groups excluding carboxylic acids is 2. The monoisotopic (exact) mass is 439 g/mol. The Bertz CT molecular complexity index is 1740. The van der Waals surface area contributed by atoms with Crippen LogP contribution in [0.3, 0.4) is 0 Å². The van der Waals surface area contributed by atoms with Crippen LogP contribution in [0.4, 0.5) is 0 Å². The maximum Gasteiger partial charge on any atom is 0.205 e. The highest BCUT2D eigenvalue weighted by Gasteiger charge is 2.33. The van der Waals surface area contributed by atoms with Gasteiger partial charge in [0.05, 0.1) is 16.6 Å². The van der Waals surface area contributed by atoms with E-state index in [4.69, 9.17) is 4.42 Å². The molecule has 1 aliphatic rings. The Balaban J connectivity index is 1.34. The van der Waals surface area contributed by atoms with Crippen molar-refractivity contribution >= 4 is 50.2 Å². The lowest BCUT2D eigenvalue weighted by atomic mass is 10.0. The first-order chi connectivity index (χ1) is 16.7. The van der Waals surface area contributed by atoms with Gasteiger partial charge in [-0.3, -0.25) is 14.2 Å². The van der Waals surface area contributed by atoms with Crippen LogP contribution < -0.4 is 0 Å². The van der Waals surface area contributed by atoms with Gasteiger partial charge in [0.15, 0.2) is 11.6 Å². The number of ketones is 2. The molecule has 0 atom stereocenters. The topological polar surface area (TPSA) is 52.2 Å². The number of nitrogens with zero attached hydrogens (tertiary/aromatic N) is 1.